The number of amides is 4. The van der Waals surface area contributed by atoms with Crippen LogP contribution >= 0.6 is 23.2 Å². The summed E-state index contributed by atoms with van der Waals surface area (Å²) in [5, 5.41) is 0.781. The Labute approximate surface area is 192 Å². The van der Waals surface area contributed by atoms with Gasteiger partial charge in [-0.3, -0.25) is 40.9 Å². The third kappa shape index (κ3) is 6.07. The van der Waals surface area contributed by atoms with E-state index in [2.05, 4.69) is 21.7 Å². The number of hydrazine groups is 2. The first kappa shape index (κ1) is 22.8. The molecule has 0 radical (unpaired) electrons. The zero-order valence-electron chi connectivity index (χ0n) is 16.3. The van der Waals surface area contributed by atoms with Gasteiger partial charge in [0.25, 0.3) is 23.6 Å². The summed E-state index contributed by atoms with van der Waals surface area (Å²) < 4.78 is 0. The van der Waals surface area contributed by atoms with Crippen molar-refractivity contribution in [3.8, 4) is 0 Å². The van der Waals surface area contributed by atoms with Gasteiger partial charge in [0, 0.05) is 32.3 Å². The van der Waals surface area contributed by atoms with Crippen LogP contribution in [0.15, 0.2) is 72.8 Å². The number of benzene rings is 3. The summed E-state index contributed by atoms with van der Waals surface area (Å²) in [7, 11) is 0. The number of carbonyl (C=O) groups is 4. The van der Waals surface area contributed by atoms with E-state index in [1.807, 2.05) is 0 Å². The van der Waals surface area contributed by atoms with Gasteiger partial charge in [-0.05, 0) is 60.7 Å². The molecule has 0 spiro atoms. The van der Waals surface area contributed by atoms with E-state index >= 15 is 0 Å². The fourth-order valence-electron chi connectivity index (χ4n) is 2.55. The molecule has 0 bridgehead atoms. The molecule has 3 rings (SSSR count). The van der Waals surface area contributed by atoms with Crippen LogP contribution in [0.3, 0.4) is 0 Å². The first-order chi connectivity index (χ1) is 15.3. The van der Waals surface area contributed by atoms with Gasteiger partial charge in [0.2, 0.25) is 0 Å². The van der Waals surface area contributed by atoms with Crippen LogP contribution in [0.5, 0.6) is 0 Å². The van der Waals surface area contributed by atoms with Gasteiger partial charge in [0.1, 0.15) is 0 Å². The molecule has 3 aromatic rings. The zero-order chi connectivity index (χ0) is 23.1. The fraction of sp³-hybridized carbons (Fsp3) is 0. The molecule has 0 saturated heterocycles. The number of halogens is 2. The van der Waals surface area contributed by atoms with Crippen LogP contribution in [0.4, 0.5) is 0 Å². The standard InChI is InChI=1S/C22H16Cl2N4O4/c23-17-5-1-3-15(11-17)21(31)27-25-19(29)13-7-9-14(10-8-13)20(30)26-28-22(32)16-4-2-6-18(24)12-16/h1-12H,(H,25,29)(H,26,30)(H,27,31)(H,28,32). The highest BCUT2D eigenvalue weighted by atomic mass is 35.5. The van der Waals surface area contributed by atoms with Crippen molar-refractivity contribution in [2.75, 3.05) is 0 Å². The molecule has 4 N–H and O–H groups in total. The lowest BCUT2D eigenvalue weighted by molar-refractivity contribution is 0.0844. The molecule has 0 aliphatic heterocycles. The molecule has 10 heteroatoms. The second kappa shape index (κ2) is 10.4. The summed E-state index contributed by atoms with van der Waals surface area (Å²) in [6.07, 6.45) is 0. The molecule has 0 aliphatic carbocycles. The van der Waals surface area contributed by atoms with Gasteiger partial charge < -0.3 is 0 Å². The van der Waals surface area contributed by atoms with E-state index in [0.29, 0.717) is 10.0 Å². The zero-order valence-corrected chi connectivity index (χ0v) is 17.8. The highest BCUT2D eigenvalue weighted by Crippen LogP contribution is 2.11. The van der Waals surface area contributed by atoms with Gasteiger partial charge in [-0.2, -0.15) is 0 Å². The largest absolute Gasteiger partial charge is 0.269 e. The summed E-state index contributed by atoms with van der Waals surface area (Å²) in [5.41, 5.74) is 10.1. The lowest BCUT2D eigenvalue weighted by Gasteiger charge is -2.09. The van der Waals surface area contributed by atoms with E-state index in [4.69, 9.17) is 23.2 Å². The molecule has 0 aliphatic rings. The Morgan fingerprint density at radius 3 is 1.09 bits per heavy atom. The number of carbonyl (C=O) groups excluding carboxylic acids is 4. The number of hydrogen-bond donors (Lipinski definition) is 4. The summed E-state index contributed by atoms with van der Waals surface area (Å²) in [4.78, 5) is 48.5. The van der Waals surface area contributed by atoms with Gasteiger partial charge in [-0.1, -0.05) is 35.3 Å². The van der Waals surface area contributed by atoms with Crippen molar-refractivity contribution in [1.29, 1.82) is 0 Å². The van der Waals surface area contributed by atoms with Crippen LogP contribution in [-0.4, -0.2) is 23.6 Å². The minimum absolute atomic E-state index is 0.205. The first-order valence-electron chi connectivity index (χ1n) is 9.16. The van der Waals surface area contributed by atoms with Crippen LogP contribution in [-0.2, 0) is 0 Å². The third-order valence-corrected chi connectivity index (χ3v) is 4.63. The molecule has 0 aromatic heterocycles. The van der Waals surface area contributed by atoms with E-state index in [-0.39, 0.29) is 22.3 Å². The molecule has 8 nitrogen and oxygen atoms in total. The Balaban J connectivity index is 1.52. The maximum absolute atomic E-state index is 12.2. The maximum atomic E-state index is 12.2. The maximum Gasteiger partial charge on any atom is 0.269 e. The van der Waals surface area contributed by atoms with Crippen molar-refractivity contribution in [2.24, 2.45) is 0 Å². The van der Waals surface area contributed by atoms with E-state index in [0.717, 1.165) is 0 Å². The minimum atomic E-state index is -0.582. The summed E-state index contributed by atoms with van der Waals surface area (Å²) in [6.45, 7) is 0. The number of nitrogens with one attached hydrogen (secondary N) is 4. The SMILES string of the molecule is O=C(NNC(=O)c1cccc(Cl)c1)c1ccc(C(=O)NNC(=O)c2cccc(Cl)c2)cc1. The van der Waals surface area contributed by atoms with E-state index in [9.17, 15) is 19.2 Å². The highest BCUT2D eigenvalue weighted by molar-refractivity contribution is 6.31. The monoisotopic (exact) mass is 470 g/mol. The summed E-state index contributed by atoms with van der Waals surface area (Å²) in [6, 6.07) is 18.1. The molecule has 0 fully saturated rings. The van der Waals surface area contributed by atoms with Gasteiger partial charge in [0.15, 0.2) is 0 Å². The topological polar surface area (TPSA) is 116 Å². The van der Waals surface area contributed by atoms with Crippen molar-refractivity contribution in [1.82, 2.24) is 21.7 Å². The second-order valence-corrected chi connectivity index (χ2v) is 7.29. The Bertz CT molecular complexity index is 1090. The van der Waals surface area contributed by atoms with Crippen molar-refractivity contribution in [2.45, 2.75) is 0 Å². The van der Waals surface area contributed by atoms with Crippen LogP contribution in [0.1, 0.15) is 41.4 Å². The molecular formula is C22H16Cl2N4O4. The molecule has 0 heterocycles. The van der Waals surface area contributed by atoms with E-state index in [1.165, 1.54) is 36.4 Å². The van der Waals surface area contributed by atoms with Crippen LogP contribution < -0.4 is 21.7 Å². The quantitative estimate of drug-likeness (QED) is 0.438. The predicted octanol–water partition coefficient (Wildman–Crippen LogP) is 3.14. The Hall–Kier alpha value is -3.88. The molecule has 0 unspecified atom stereocenters. The average Bonchev–Trinajstić information content (AvgIpc) is 2.80. The highest BCUT2D eigenvalue weighted by Gasteiger charge is 2.12. The van der Waals surface area contributed by atoms with E-state index in [1.54, 1.807) is 36.4 Å². The predicted molar refractivity (Wildman–Crippen MR) is 119 cm³/mol. The summed E-state index contributed by atoms with van der Waals surface area (Å²) >= 11 is 11.7. The Kier molecular flexibility index (Phi) is 7.43. The number of rotatable bonds is 4. The molecule has 0 atom stereocenters. The summed E-state index contributed by atoms with van der Waals surface area (Å²) in [5.74, 6) is -2.23. The van der Waals surface area contributed by atoms with Gasteiger partial charge >= 0.3 is 0 Å². The lowest BCUT2D eigenvalue weighted by atomic mass is 10.1. The third-order valence-electron chi connectivity index (χ3n) is 4.16. The normalized spacial score (nSPS) is 10.1. The molecule has 4 amide bonds. The molecular weight excluding hydrogens is 455 g/mol. The molecule has 32 heavy (non-hydrogen) atoms. The average molecular weight is 471 g/mol. The van der Waals surface area contributed by atoms with Gasteiger partial charge in [0.05, 0.1) is 0 Å². The molecule has 3 aromatic carbocycles. The minimum Gasteiger partial charge on any atom is -0.267 e. The van der Waals surface area contributed by atoms with E-state index < -0.39 is 23.6 Å². The van der Waals surface area contributed by atoms with Crippen molar-refractivity contribution < 1.29 is 19.2 Å². The molecule has 162 valence electrons. The number of hydrogen-bond acceptors (Lipinski definition) is 4. The van der Waals surface area contributed by atoms with Crippen molar-refractivity contribution in [3.63, 3.8) is 0 Å². The van der Waals surface area contributed by atoms with Gasteiger partial charge in [-0.15, -0.1) is 0 Å². The first-order valence-corrected chi connectivity index (χ1v) is 9.91. The van der Waals surface area contributed by atoms with Crippen LogP contribution in [0, 0.1) is 0 Å². The van der Waals surface area contributed by atoms with Crippen molar-refractivity contribution in [3.05, 3.63) is 105 Å². The Morgan fingerprint density at radius 2 is 0.781 bits per heavy atom. The van der Waals surface area contributed by atoms with Crippen LogP contribution in [0.25, 0.3) is 0 Å². The van der Waals surface area contributed by atoms with Crippen molar-refractivity contribution >= 4 is 46.8 Å². The smallest absolute Gasteiger partial charge is 0.267 e. The Morgan fingerprint density at radius 1 is 0.469 bits per heavy atom. The van der Waals surface area contributed by atoms with Gasteiger partial charge in [-0.25, -0.2) is 0 Å². The molecule has 0 saturated carbocycles. The second-order valence-electron chi connectivity index (χ2n) is 6.41. The lowest BCUT2D eigenvalue weighted by Crippen LogP contribution is -2.42. The van der Waals surface area contributed by atoms with Crippen LogP contribution in [0.2, 0.25) is 10.0 Å². The fourth-order valence-corrected chi connectivity index (χ4v) is 2.93.